The molecule has 0 unspecified atom stereocenters. The van der Waals surface area contributed by atoms with Crippen molar-refractivity contribution in [3.8, 4) is 0 Å². The van der Waals surface area contributed by atoms with Crippen molar-refractivity contribution in [1.29, 1.82) is 0 Å². The van der Waals surface area contributed by atoms with Crippen molar-refractivity contribution < 1.29 is 9.53 Å². The van der Waals surface area contributed by atoms with Gasteiger partial charge in [-0.25, -0.2) is 0 Å². The summed E-state index contributed by atoms with van der Waals surface area (Å²) in [5.41, 5.74) is 2.19. The number of carbonyl (C=O) groups excluding carboxylic acids is 1. The molecule has 1 aromatic heterocycles. The first-order valence-corrected chi connectivity index (χ1v) is 8.13. The Hall–Kier alpha value is -2.17. The van der Waals surface area contributed by atoms with Gasteiger partial charge in [-0.15, -0.1) is 0 Å². The van der Waals surface area contributed by atoms with Gasteiger partial charge in [-0.05, 0) is 50.3 Å². The van der Waals surface area contributed by atoms with Gasteiger partial charge in [-0.3, -0.25) is 14.3 Å². The Morgan fingerprint density at radius 2 is 2.13 bits per heavy atom. The topological polar surface area (TPSA) is 61.2 Å². The average molecular weight is 314 g/mol. The number of methoxy groups -OCH3 is 1. The zero-order valence-corrected chi connectivity index (χ0v) is 13.8. The highest BCUT2D eigenvalue weighted by Crippen LogP contribution is 2.37. The van der Waals surface area contributed by atoms with Crippen molar-refractivity contribution in [2.75, 3.05) is 7.11 Å². The number of hydrogen-bond donors (Lipinski definition) is 0. The molecule has 1 aliphatic carbocycles. The molecule has 3 rings (SSSR count). The van der Waals surface area contributed by atoms with Gasteiger partial charge >= 0.3 is 5.97 Å². The lowest BCUT2D eigenvalue weighted by Gasteiger charge is -2.26. The normalized spacial score (nSPS) is 15.0. The van der Waals surface area contributed by atoms with Crippen molar-refractivity contribution >= 4 is 16.9 Å². The molecule has 2 aromatic rings. The number of rotatable bonds is 4. The highest BCUT2D eigenvalue weighted by atomic mass is 16.5. The van der Waals surface area contributed by atoms with E-state index in [9.17, 15) is 9.59 Å². The van der Waals surface area contributed by atoms with Crippen LogP contribution in [0.15, 0.2) is 23.0 Å². The lowest BCUT2D eigenvalue weighted by molar-refractivity contribution is -0.139. The van der Waals surface area contributed by atoms with Gasteiger partial charge < -0.3 is 4.74 Å². The Labute approximate surface area is 135 Å². The minimum Gasteiger partial charge on any atom is -0.469 e. The fourth-order valence-electron chi connectivity index (χ4n) is 3.03. The van der Waals surface area contributed by atoms with Gasteiger partial charge in [0.25, 0.3) is 0 Å². The molecule has 0 atom stereocenters. The SMILES string of the molecule is COC(=O)Cc1nn(C(C)C)c2cc(C3CCC3)ccc2c1=O. The largest absolute Gasteiger partial charge is 0.469 e. The molecule has 1 aliphatic rings. The maximum absolute atomic E-state index is 12.6. The molecule has 0 radical (unpaired) electrons. The first-order valence-electron chi connectivity index (χ1n) is 8.13. The molecule has 5 heteroatoms. The van der Waals surface area contributed by atoms with Crippen molar-refractivity contribution in [3.63, 3.8) is 0 Å². The second-order valence-corrected chi connectivity index (χ2v) is 6.47. The van der Waals surface area contributed by atoms with Crippen LogP contribution in [0, 0.1) is 0 Å². The summed E-state index contributed by atoms with van der Waals surface area (Å²) in [7, 11) is 1.31. The molecule has 0 spiro atoms. The average Bonchev–Trinajstić information content (AvgIpc) is 2.47. The molecular weight excluding hydrogens is 292 g/mol. The van der Waals surface area contributed by atoms with Gasteiger partial charge in [-0.1, -0.05) is 12.5 Å². The number of hydrogen-bond acceptors (Lipinski definition) is 4. The zero-order chi connectivity index (χ0) is 16.6. The number of aromatic nitrogens is 2. The van der Waals surface area contributed by atoms with E-state index < -0.39 is 5.97 Å². The maximum atomic E-state index is 12.6. The van der Waals surface area contributed by atoms with Gasteiger partial charge in [-0.2, -0.15) is 5.10 Å². The van der Waals surface area contributed by atoms with Crippen LogP contribution in [-0.4, -0.2) is 22.9 Å². The summed E-state index contributed by atoms with van der Waals surface area (Å²) in [6, 6.07) is 6.12. The predicted octanol–water partition coefficient (Wildman–Crippen LogP) is 2.96. The summed E-state index contributed by atoms with van der Waals surface area (Å²) in [5, 5.41) is 5.06. The Kier molecular flexibility index (Phi) is 4.20. The highest BCUT2D eigenvalue weighted by Gasteiger charge is 2.21. The predicted molar refractivity (Wildman–Crippen MR) is 88.7 cm³/mol. The molecular formula is C18H22N2O3. The first-order chi connectivity index (χ1) is 11.0. The third-order valence-corrected chi connectivity index (χ3v) is 4.61. The summed E-state index contributed by atoms with van der Waals surface area (Å²) in [5.74, 6) is 0.153. The number of fused-ring (bicyclic) bond motifs is 1. The molecule has 1 fully saturated rings. The quantitative estimate of drug-likeness (QED) is 0.814. The Bertz CT molecular complexity index is 804. The molecule has 23 heavy (non-hydrogen) atoms. The summed E-state index contributed by atoms with van der Waals surface area (Å²) in [6.07, 6.45) is 3.61. The van der Waals surface area contributed by atoms with E-state index in [2.05, 4.69) is 15.9 Å². The number of esters is 1. The van der Waals surface area contributed by atoms with Gasteiger partial charge in [0, 0.05) is 11.4 Å². The molecule has 0 amide bonds. The van der Waals surface area contributed by atoms with Crippen molar-refractivity contribution in [2.24, 2.45) is 0 Å². The van der Waals surface area contributed by atoms with Crippen molar-refractivity contribution in [3.05, 3.63) is 39.7 Å². The summed E-state index contributed by atoms with van der Waals surface area (Å²) >= 11 is 0. The van der Waals surface area contributed by atoms with Crippen molar-refractivity contribution in [2.45, 2.75) is 51.5 Å². The van der Waals surface area contributed by atoms with Crippen molar-refractivity contribution in [1.82, 2.24) is 9.78 Å². The third kappa shape index (κ3) is 2.87. The zero-order valence-electron chi connectivity index (χ0n) is 13.8. The van der Waals surface area contributed by atoms with Crippen LogP contribution in [0.3, 0.4) is 0 Å². The lowest BCUT2D eigenvalue weighted by atomic mass is 9.80. The van der Waals surface area contributed by atoms with Gasteiger partial charge in [0.15, 0.2) is 0 Å². The van der Waals surface area contributed by atoms with Crippen LogP contribution in [0.2, 0.25) is 0 Å². The smallest absolute Gasteiger partial charge is 0.311 e. The van der Waals surface area contributed by atoms with E-state index in [0.29, 0.717) is 11.3 Å². The third-order valence-electron chi connectivity index (χ3n) is 4.61. The standard InChI is InChI=1S/C18H22N2O3/c1-11(2)20-16-9-13(12-5-4-6-12)7-8-14(16)18(22)15(19-20)10-17(21)23-3/h7-9,11-12H,4-6,10H2,1-3H3. The second-order valence-electron chi connectivity index (χ2n) is 6.47. The fourth-order valence-corrected chi connectivity index (χ4v) is 3.03. The molecule has 0 aliphatic heterocycles. The number of carbonyl (C=O) groups is 1. The molecule has 1 heterocycles. The number of benzene rings is 1. The Morgan fingerprint density at radius 3 is 2.70 bits per heavy atom. The van der Waals surface area contributed by atoms with E-state index in [1.54, 1.807) is 0 Å². The molecule has 122 valence electrons. The Morgan fingerprint density at radius 1 is 1.39 bits per heavy atom. The van der Waals surface area contributed by atoms with Crippen LogP contribution in [0.1, 0.15) is 56.3 Å². The minimum atomic E-state index is -0.449. The van der Waals surface area contributed by atoms with Crippen LogP contribution in [0.5, 0.6) is 0 Å². The van der Waals surface area contributed by atoms with Gasteiger partial charge in [0.05, 0.1) is 19.0 Å². The van der Waals surface area contributed by atoms with Crippen LogP contribution in [0.25, 0.3) is 10.9 Å². The van der Waals surface area contributed by atoms with E-state index in [1.807, 2.05) is 30.7 Å². The number of nitrogens with zero attached hydrogens (tertiary/aromatic N) is 2. The first kappa shape index (κ1) is 15.7. The maximum Gasteiger partial charge on any atom is 0.311 e. The van der Waals surface area contributed by atoms with Crippen LogP contribution in [-0.2, 0) is 16.0 Å². The van der Waals surface area contributed by atoms with E-state index >= 15 is 0 Å². The Balaban J connectivity index is 2.17. The van der Waals surface area contributed by atoms with E-state index in [4.69, 9.17) is 0 Å². The molecule has 0 saturated heterocycles. The van der Waals surface area contributed by atoms with E-state index in [-0.39, 0.29) is 23.6 Å². The fraction of sp³-hybridized carbons (Fsp3) is 0.500. The van der Waals surface area contributed by atoms with E-state index in [1.165, 1.54) is 31.9 Å². The second kappa shape index (κ2) is 6.14. The van der Waals surface area contributed by atoms with E-state index in [0.717, 1.165) is 5.52 Å². The summed E-state index contributed by atoms with van der Waals surface area (Å²) in [4.78, 5) is 24.2. The van der Waals surface area contributed by atoms with Gasteiger partial charge in [0.2, 0.25) is 5.43 Å². The molecule has 0 bridgehead atoms. The lowest BCUT2D eigenvalue weighted by Crippen LogP contribution is -2.23. The number of ether oxygens (including phenoxy) is 1. The van der Waals surface area contributed by atoms with Crippen LogP contribution < -0.4 is 5.43 Å². The minimum absolute atomic E-state index is 0.0949. The molecule has 5 nitrogen and oxygen atoms in total. The van der Waals surface area contributed by atoms with Crippen LogP contribution >= 0.6 is 0 Å². The summed E-state index contributed by atoms with van der Waals surface area (Å²) in [6.45, 7) is 4.05. The molecule has 0 N–H and O–H groups in total. The molecule has 1 aromatic carbocycles. The highest BCUT2D eigenvalue weighted by molar-refractivity contribution is 5.81. The summed E-state index contributed by atoms with van der Waals surface area (Å²) < 4.78 is 6.51. The monoisotopic (exact) mass is 314 g/mol. The van der Waals surface area contributed by atoms with Gasteiger partial charge in [0.1, 0.15) is 5.69 Å². The van der Waals surface area contributed by atoms with Crippen LogP contribution in [0.4, 0.5) is 0 Å². The molecule has 1 saturated carbocycles.